The van der Waals surface area contributed by atoms with Crippen LogP contribution in [0, 0.1) is 0 Å². The summed E-state index contributed by atoms with van der Waals surface area (Å²) < 4.78 is 12.3. The highest BCUT2D eigenvalue weighted by Crippen LogP contribution is 2.39. The SMILES string of the molecule is CC(C)(O)C(C)(C)OBc1cccc(-c2cccc3oc4ccc5ccccc5c4c23)c1. The molecule has 5 aromatic rings. The van der Waals surface area contributed by atoms with Crippen LogP contribution in [0.25, 0.3) is 43.8 Å². The summed E-state index contributed by atoms with van der Waals surface area (Å²) in [6, 6.07) is 27.3. The van der Waals surface area contributed by atoms with Crippen LogP contribution in [-0.4, -0.2) is 23.8 Å². The van der Waals surface area contributed by atoms with Gasteiger partial charge in [-0.1, -0.05) is 72.2 Å². The van der Waals surface area contributed by atoms with Crippen molar-refractivity contribution in [1.82, 2.24) is 0 Å². The van der Waals surface area contributed by atoms with E-state index in [1.165, 1.54) is 10.8 Å². The first-order valence-electron chi connectivity index (χ1n) is 11.0. The smallest absolute Gasteiger partial charge is 0.309 e. The summed E-state index contributed by atoms with van der Waals surface area (Å²) in [5, 5.41) is 15.1. The topological polar surface area (TPSA) is 42.6 Å². The molecule has 1 aromatic heterocycles. The fourth-order valence-corrected chi connectivity index (χ4v) is 4.10. The predicted molar refractivity (Wildman–Crippen MR) is 135 cm³/mol. The zero-order valence-corrected chi connectivity index (χ0v) is 19.0. The summed E-state index contributed by atoms with van der Waals surface area (Å²) in [6.45, 7) is 7.39. The molecule has 4 aromatic carbocycles. The predicted octanol–water partition coefficient (Wildman–Crippen LogP) is 5.95. The minimum absolute atomic E-state index is 0.426. The molecular formula is C28H27BO3. The lowest BCUT2D eigenvalue weighted by Gasteiger charge is -2.37. The van der Waals surface area contributed by atoms with Gasteiger partial charge in [-0.05, 0) is 61.7 Å². The maximum atomic E-state index is 10.4. The van der Waals surface area contributed by atoms with Crippen molar-refractivity contribution in [2.75, 3.05) is 0 Å². The summed E-state index contributed by atoms with van der Waals surface area (Å²) in [4.78, 5) is 0. The van der Waals surface area contributed by atoms with E-state index in [0.29, 0.717) is 7.48 Å². The van der Waals surface area contributed by atoms with E-state index in [2.05, 4.69) is 66.7 Å². The summed E-state index contributed by atoms with van der Waals surface area (Å²) in [7, 11) is 0.426. The standard InChI is InChI=1S/C28H27BO3/c1-27(2,30)28(3,4)32-29-20-11-7-10-19(17-20)22-13-8-14-23-26(22)25-21-12-6-5-9-18(21)15-16-24(25)31-23/h5-17,29-30H,1-4H3. The van der Waals surface area contributed by atoms with Crippen molar-refractivity contribution in [2.45, 2.75) is 38.9 Å². The average molecular weight is 422 g/mol. The van der Waals surface area contributed by atoms with Gasteiger partial charge in [0.15, 0.2) is 0 Å². The highest BCUT2D eigenvalue weighted by atomic mass is 16.5. The van der Waals surface area contributed by atoms with Gasteiger partial charge in [0.05, 0.1) is 11.2 Å². The molecule has 0 saturated carbocycles. The third-order valence-electron chi connectivity index (χ3n) is 6.70. The van der Waals surface area contributed by atoms with Crippen LogP contribution in [0.3, 0.4) is 0 Å². The molecule has 0 radical (unpaired) electrons. The first-order chi connectivity index (χ1) is 15.2. The van der Waals surface area contributed by atoms with Crippen LogP contribution in [-0.2, 0) is 4.65 Å². The molecule has 0 spiro atoms. The summed E-state index contributed by atoms with van der Waals surface area (Å²) in [5.74, 6) is 0. The molecule has 0 aliphatic carbocycles. The molecule has 1 N–H and O–H groups in total. The fourth-order valence-electron chi connectivity index (χ4n) is 4.10. The minimum atomic E-state index is -0.938. The Bertz CT molecular complexity index is 1440. The molecule has 4 heteroatoms. The number of aliphatic hydroxyl groups is 1. The lowest BCUT2D eigenvalue weighted by molar-refractivity contribution is -0.0893. The van der Waals surface area contributed by atoms with E-state index < -0.39 is 11.2 Å². The van der Waals surface area contributed by atoms with Crippen LogP contribution >= 0.6 is 0 Å². The van der Waals surface area contributed by atoms with E-state index >= 15 is 0 Å². The van der Waals surface area contributed by atoms with Crippen LogP contribution in [0.1, 0.15) is 27.7 Å². The maximum Gasteiger partial charge on any atom is 0.309 e. The number of hydrogen-bond acceptors (Lipinski definition) is 3. The lowest BCUT2D eigenvalue weighted by Crippen LogP contribution is -2.49. The number of rotatable bonds is 5. The number of furan rings is 1. The molecular weight excluding hydrogens is 395 g/mol. The van der Waals surface area contributed by atoms with Gasteiger partial charge in [0.25, 0.3) is 0 Å². The van der Waals surface area contributed by atoms with Gasteiger partial charge in [0, 0.05) is 10.8 Å². The Labute approximate surface area is 188 Å². The molecule has 1 heterocycles. The van der Waals surface area contributed by atoms with Crippen molar-refractivity contribution in [3.05, 3.63) is 78.9 Å². The van der Waals surface area contributed by atoms with Gasteiger partial charge in [0.2, 0.25) is 0 Å². The summed E-state index contributed by atoms with van der Waals surface area (Å²) in [5.41, 5.74) is 3.51. The van der Waals surface area contributed by atoms with E-state index in [1.54, 1.807) is 13.8 Å². The van der Waals surface area contributed by atoms with Crippen LogP contribution < -0.4 is 5.46 Å². The monoisotopic (exact) mass is 422 g/mol. The zero-order chi connectivity index (χ0) is 22.5. The van der Waals surface area contributed by atoms with Gasteiger partial charge in [-0.15, -0.1) is 0 Å². The maximum absolute atomic E-state index is 10.4. The van der Waals surface area contributed by atoms with Gasteiger partial charge in [0.1, 0.15) is 11.2 Å². The largest absolute Gasteiger partial charge is 0.456 e. The van der Waals surface area contributed by atoms with Crippen LogP contribution in [0.4, 0.5) is 0 Å². The Kier molecular flexibility index (Phi) is 4.88. The Morgan fingerprint density at radius 3 is 2.34 bits per heavy atom. The van der Waals surface area contributed by atoms with Crippen LogP contribution in [0.15, 0.2) is 83.3 Å². The summed E-state index contributed by atoms with van der Waals surface area (Å²) >= 11 is 0. The molecule has 5 rings (SSSR count). The number of benzene rings is 4. The molecule has 0 amide bonds. The van der Waals surface area contributed by atoms with E-state index in [4.69, 9.17) is 9.07 Å². The minimum Gasteiger partial charge on any atom is -0.456 e. The van der Waals surface area contributed by atoms with Gasteiger partial charge in [-0.3, -0.25) is 0 Å². The number of hydrogen-bond donors (Lipinski definition) is 1. The van der Waals surface area contributed by atoms with Gasteiger partial charge < -0.3 is 14.2 Å². The molecule has 0 unspecified atom stereocenters. The second-order valence-corrected chi connectivity index (χ2v) is 9.50. The van der Waals surface area contributed by atoms with Gasteiger partial charge in [-0.25, -0.2) is 0 Å². The van der Waals surface area contributed by atoms with Crippen molar-refractivity contribution in [3.63, 3.8) is 0 Å². The van der Waals surface area contributed by atoms with E-state index in [9.17, 15) is 5.11 Å². The number of fused-ring (bicyclic) bond motifs is 5. The average Bonchev–Trinajstić information content (AvgIpc) is 3.16. The Balaban J connectivity index is 1.63. The van der Waals surface area contributed by atoms with Crippen LogP contribution in [0.2, 0.25) is 0 Å². The quantitative estimate of drug-likeness (QED) is 0.356. The molecule has 0 saturated heterocycles. The molecule has 32 heavy (non-hydrogen) atoms. The molecule has 3 nitrogen and oxygen atoms in total. The van der Waals surface area contributed by atoms with E-state index in [1.807, 2.05) is 26.0 Å². The van der Waals surface area contributed by atoms with Crippen molar-refractivity contribution in [3.8, 4) is 11.1 Å². The highest BCUT2D eigenvalue weighted by Gasteiger charge is 2.35. The fraction of sp³-hybridized carbons (Fsp3) is 0.214. The van der Waals surface area contributed by atoms with Crippen molar-refractivity contribution >= 4 is 45.7 Å². The highest BCUT2D eigenvalue weighted by molar-refractivity contribution is 6.47. The first kappa shape index (κ1) is 20.8. The zero-order valence-electron chi connectivity index (χ0n) is 19.0. The second kappa shape index (κ2) is 7.51. The molecule has 0 bridgehead atoms. The third-order valence-corrected chi connectivity index (χ3v) is 6.70. The Hall–Kier alpha value is -3.08. The van der Waals surface area contributed by atoms with Crippen molar-refractivity contribution < 1.29 is 14.2 Å². The van der Waals surface area contributed by atoms with Crippen molar-refractivity contribution in [2.24, 2.45) is 0 Å². The third kappa shape index (κ3) is 3.50. The molecule has 0 atom stereocenters. The molecule has 0 aliphatic rings. The Morgan fingerprint density at radius 1 is 0.781 bits per heavy atom. The van der Waals surface area contributed by atoms with Gasteiger partial charge in [-0.2, -0.15) is 0 Å². The van der Waals surface area contributed by atoms with Crippen molar-refractivity contribution in [1.29, 1.82) is 0 Å². The molecule has 0 fully saturated rings. The first-order valence-corrected chi connectivity index (χ1v) is 11.0. The lowest BCUT2D eigenvalue weighted by atomic mass is 9.81. The summed E-state index contributed by atoms with van der Waals surface area (Å²) in [6.07, 6.45) is 0. The van der Waals surface area contributed by atoms with E-state index in [-0.39, 0.29) is 0 Å². The Morgan fingerprint density at radius 2 is 1.53 bits per heavy atom. The van der Waals surface area contributed by atoms with Gasteiger partial charge >= 0.3 is 7.48 Å². The second-order valence-electron chi connectivity index (χ2n) is 9.50. The van der Waals surface area contributed by atoms with Crippen LogP contribution in [0.5, 0.6) is 0 Å². The normalized spacial score (nSPS) is 12.7. The molecule has 0 aliphatic heterocycles. The molecule has 160 valence electrons. The van der Waals surface area contributed by atoms with E-state index in [0.717, 1.165) is 38.5 Å².